The van der Waals surface area contributed by atoms with Crippen LogP contribution in [0, 0.1) is 39.9 Å². The van der Waals surface area contributed by atoms with Gasteiger partial charge in [0.2, 0.25) is 12.6 Å². The SMILES string of the molecule is COC(=O)[C@@H]1CCC2[C@@]3(C)CCCC(C)(C)C3CC[C@@]23C1C(OC(C)=O)O[C@H]3OC(C)=O. The summed E-state index contributed by atoms with van der Waals surface area (Å²) in [5.41, 5.74) is -0.317. The minimum Gasteiger partial charge on any atom is -0.469 e. The minimum atomic E-state index is -0.930. The van der Waals surface area contributed by atoms with Crippen LogP contribution >= 0.6 is 0 Å². The summed E-state index contributed by atoms with van der Waals surface area (Å²) < 4.78 is 22.8. The van der Waals surface area contributed by atoms with E-state index in [0.29, 0.717) is 12.3 Å². The normalized spacial score (nSPS) is 44.4. The maximum absolute atomic E-state index is 12.9. The number of esters is 3. The van der Waals surface area contributed by atoms with Gasteiger partial charge in [0.05, 0.1) is 13.0 Å². The molecule has 7 nitrogen and oxygen atoms in total. The van der Waals surface area contributed by atoms with E-state index in [0.717, 1.165) is 32.1 Å². The molecule has 0 aromatic carbocycles. The van der Waals surface area contributed by atoms with Gasteiger partial charge in [-0.15, -0.1) is 0 Å². The van der Waals surface area contributed by atoms with Crippen molar-refractivity contribution in [1.82, 2.24) is 0 Å². The molecular weight excluding hydrogens is 412 g/mol. The molecule has 4 unspecified atom stereocenters. The molecule has 0 aromatic rings. The standard InChI is InChI=1S/C25H38O7/c1-14(26)30-21-19-16(20(28)29-6)8-9-18-24(5)12-7-11-23(3,4)17(24)10-13-25(18,19)22(32-21)31-15(2)27/h16-19,21-22H,7-13H2,1-6H3/t16-,17?,18?,19?,21?,22-,24+,25+/m1/s1. The van der Waals surface area contributed by atoms with Crippen LogP contribution in [0.4, 0.5) is 0 Å². The fourth-order valence-electron chi connectivity index (χ4n) is 8.57. The van der Waals surface area contributed by atoms with Crippen LogP contribution < -0.4 is 0 Å². The van der Waals surface area contributed by atoms with Crippen LogP contribution in [0.25, 0.3) is 0 Å². The topological polar surface area (TPSA) is 88.1 Å². The predicted octanol–water partition coefficient (Wildman–Crippen LogP) is 4.22. The average molecular weight is 451 g/mol. The zero-order valence-corrected chi connectivity index (χ0v) is 20.3. The van der Waals surface area contributed by atoms with Crippen molar-refractivity contribution in [1.29, 1.82) is 0 Å². The number of hydrogen-bond acceptors (Lipinski definition) is 7. The van der Waals surface area contributed by atoms with E-state index in [4.69, 9.17) is 18.9 Å². The quantitative estimate of drug-likeness (QED) is 0.470. The number of hydrogen-bond donors (Lipinski definition) is 0. The molecule has 8 atom stereocenters. The molecule has 3 aliphatic carbocycles. The van der Waals surface area contributed by atoms with Gasteiger partial charge in [0.15, 0.2) is 0 Å². The van der Waals surface area contributed by atoms with E-state index in [1.54, 1.807) is 0 Å². The van der Waals surface area contributed by atoms with Gasteiger partial charge in [0.25, 0.3) is 0 Å². The molecule has 32 heavy (non-hydrogen) atoms. The number of carbonyl (C=O) groups excluding carboxylic acids is 3. The number of carbonyl (C=O) groups is 3. The van der Waals surface area contributed by atoms with Crippen molar-refractivity contribution in [2.45, 2.75) is 92.1 Å². The molecule has 3 saturated carbocycles. The van der Waals surface area contributed by atoms with Gasteiger partial charge in [-0.1, -0.05) is 27.2 Å². The lowest BCUT2D eigenvalue weighted by Gasteiger charge is -2.65. The van der Waals surface area contributed by atoms with E-state index in [2.05, 4.69) is 20.8 Å². The molecule has 0 N–H and O–H groups in total. The van der Waals surface area contributed by atoms with Crippen LogP contribution in [0.1, 0.15) is 79.6 Å². The monoisotopic (exact) mass is 450 g/mol. The highest BCUT2D eigenvalue weighted by molar-refractivity contribution is 5.73. The van der Waals surface area contributed by atoms with Gasteiger partial charge in [0, 0.05) is 25.2 Å². The van der Waals surface area contributed by atoms with Gasteiger partial charge in [-0.2, -0.15) is 0 Å². The molecule has 1 aliphatic heterocycles. The first-order valence-electron chi connectivity index (χ1n) is 12.0. The first-order chi connectivity index (χ1) is 15.0. The Morgan fingerprint density at radius 1 is 0.875 bits per heavy atom. The Morgan fingerprint density at radius 2 is 1.56 bits per heavy atom. The molecule has 4 rings (SSSR count). The largest absolute Gasteiger partial charge is 0.469 e. The minimum absolute atomic E-state index is 0.0339. The summed E-state index contributed by atoms with van der Waals surface area (Å²) in [6, 6.07) is 0. The maximum atomic E-state index is 12.9. The molecule has 180 valence electrons. The van der Waals surface area contributed by atoms with E-state index < -0.39 is 41.8 Å². The molecule has 1 saturated heterocycles. The van der Waals surface area contributed by atoms with Crippen molar-refractivity contribution >= 4 is 17.9 Å². The van der Waals surface area contributed by atoms with Crippen LogP contribution in [-0.2, 0) is 33.3 Å². The van der Waals surface area contributed by atoms with Crippen molar-refractivity contribution in [3.8, 4) is 0 Å². The van der Waals surface area contributed by atoms with Crippen LogP contribution in [-0.4, -0.2) is 37.6 Å². The van der Waals surface area contributed by atoms with Gasteiger partial charge in [-0.3, -0.25) is 14.4 Å². The van der Waals surface area contributed by atoms with E-state index in [1.807, 2.05) is 0 Å². The Bertz CT molecular complexity index is 791. The first kappa shape index (κ1) is 23.5. The number of rotatable bonds is 3. The third-order valence-corrected chi connectivity index (χ3v) is 9.46. The second kappa shape index (κ2) is 8.00. The number of methoxy groups -OCH3 is 1. The Morgan fingerprint density at radius 3 is 2.19 bits per heavy atom. The molecular formula is C25H38O7. The zero-order chi connectivity index (χ0) is 23.5. The van der Waals surface area contributed by atoms with Crippen molar-refractivity contribution in [3.63, 3.8) is 0 Å². The molecule has 4 aliphatic rings. The number of ether oxygens (including phenoxy) is 4. The van der Waals surface area contributed by atoms with E-state index in [-0.39, 0.29) is 22.7 Å². The molecule has 0 amide bonds. The highest BCUT2D eigenvalue weighted by atomic mass is 16.8. The summed E-state index contributed by atoms with van der Waals surface area (Å²) in [4.78, 5) is 36.9. The Balaban J connectivity index is 1.84. The second-order valence-electron chi connectivity index (χ2n) is 11.4. The summed E-state index contributed by atoms with van der Waals surface area (Å²) in [5, 5.41) is 0. The van der Waals surface area contributed by atoms with Gasteiger partial charge in [0.1, 0.15) is 0 Å². The summed E-state index contributed by atoms with van der Waals surface area (Å²) >= 11 is 0. The average Bonchev–Trinajstić information content (AvgIpc) is 2.98. The maximum Gasteiger partial charge on any atom is 0.309 e. The third kappa shape index (κ3) is 3.37. The van der Waals surface area contributed by atoms with Crippen molar-refractivity contribution in [2.24, 2.45) is 39.9 Å². The van der Waals surface area contributed by atoms with Crippen molar-refractivity contribution < 1.29 is 33.3 Å². The Labute approximate surface area is 190 Å². The van der Waals surface area contributed by atoms with Gasteiger partial charge in [-0.05, 0) is 61.2 Å². The number of fused-ring (bicyclic) bond motifs is 2. The highest BCUT2D eigenvalue weighted by Gasteiger charge is 2.73. The van der Waals surface area contributed by atoms with Crippen LogP contribution in [0.5, 0.6) is 0 Å². The fraction of sp³-hybridized carbons (Fsp3) is 0.880. The molecule has 4 fully saturated rings. The van der Waals surface area contributed by atoms with Gasteiger partial charge in [-0.25, -0.2) is 0 Å². The van der Waals surface area contributed by atoms with Crippen LogP contribution in [0.2, 0.25) is 0 Å². The van der Waals surface area contributed by atoms with E-state index in [1.165, 1.54) is 27.4 Å². The van der Waals surface area contributed by atoms with Crippen molar-refractivity contribution in [3.05, 3.63) is 0 Å². The molecule has 0 bridgehead atoms. The van der Waals surface area contributed by atoms with Crippen LogP contribution in [0.15, 0.2) is 0 Å². The van der Waals surface area contributed by atoms with Gasteiger partial charge >= 0.3 is 17.9 Å². The lowest BCUT2D eigenvalue weighted by molar-refractivity contribution is -0.245. The zero-order valence-electron chi connectivity index (χ0n) is 20.3. The Kier molecular flexibility index (Phi) is 5.88. The van der Waals surface area contributed by atoms with Gasteiger partial charge < -0.3 is 18.9 Å². The lowest BCUT2D eigenvalue weighted by atomic mass is 9.38. The second-order valence-corrected chi connectivity index (χ2v) is 11.4. The Hall–Kier alpha value is -1.63. The smallest absolute Gasteiger partial charge is 0.309 e. The fourth-order valence-corrected chi connectivity index (χ4v) is 8.57. The van der Waals surface area contributed by atoms with Crippen LogP contribution in [0.3, 0.4) is 0 Å². The molecule has 7 heteroatoms. The molecule has 0 aromatic heterocycles. The molecule has 0 radical (unpaired) electrons. The van der Waals surface area contributed by atoms with Crippen molar-refractivity contribution in [2.75, 3.05) is 7.11 Å². The van der Waals surface area contributed by atoms with E-state index in [9.17, 15) is 14.4 Å². The first-order valence-corrected chi connectivity index (χ1v) is 12.0. The highest BCUT2D eigenvalue weighted by Crippen LogP contribution is 2.72. The summed E-state index contributed by atoms with van der Waals surface area (Å²) in [6.45, 7) is 9.86. The summed E-state index contributed by atoms with van der Waals surface area (Å²) in [6.07, 6.45) is 4.94. The molecule has 1 spiro atoms. The predicted molar refractivity (Wildman–Crippen MR) is 115 cm³/mol. The lowest BCUT2D eigenvalue weighted by Crippen LogP contribution is -2.63. The van der Waals surface area contributed by atoms with E-state index >= 15 is 0 Å². The third-order valence-electron chi connectivity index (χ3n) is 9.46. The summed E-state index contributed by atoms with van der Waals surface area (Å²) in [7, 11) is 1.39. The molecule has 1 heterocycles. The summed E-state index contributed by atoms with van der Waals surface area (Å²) in [5.74, 6) is -1.33.